The van der Waals surface area contributed by atoms with Gasteiger partial charge in [0.15, 0.2) is 17.3 Å². The highest BCUT2D eigenvalue weighted by atomic mass is 16.7. The number of Topliss-reactive ketones (excluding diaryl/α,β-unsaturated/α-hetero) is 1. The van der Waals surface area contributed by atoms with E-state index >= 15 is 0 Å². The lowest BCUT2D eigenvalue weighted by molar-refractivity contribution is -0.141. The number of carbonyl (C=O) groups excluding carboxylic acids is 2. The maximum absolute atomic E-state index is 12.8. The van der Waals surface area contributed by atoms with E-state index in [1.165, 1.54) is 38.1 Å². The molecule has 4 rings (SSSR count). The summed E-state index contributed by atoms with van der Waals surface area (Å²) in [6.45, 7) is 4.51. The molecule has 1 aromatic carbocycles. The maximum atomic E-state index is 12.8. The summed E-state index contributed by atoms with van der Waals surface area (Å²) in [6, 6.07) is 3.26. The molecule has 12 heteroatoms. The van der Waals surface area contributed by atoms with Gasteiger partial charge in [-0.05, 0) is 37.6 Å². The van der Waals surface area contributed by atoms with Crippen LogP contribution in [-0.4, -0.2) is 99.1 Å². The molecule has 0 radical (unpaired) electrons. The Hall–Kier alpha value is -2.58. The van der Waals surface area contributed by atoms with E-state index in [1.54, 1.807) is 6.92 Å². The van der Waals surface area contributed by atoms with Crippen molar-refractivity contribution >= 4 is 17.8 Å². The van der Waals surface area contributed by atoms with Gasteiger partial charge in [-0.15, -0.1) is 0 Å². The molecule has 1 aliphatic carbocycles. The van der Waals surface area contributed by atoms with Crippen molar-refractivity contribution in [3.05, 3.63) is 29.3 Å². The number of carbonyl (C=O) groups is 2. The smallest absolute Gasteiger partial charge is 0.247 e. The predicted molar refractivity (Wildman–Crippen MR) is 124 cm³/mol. The van der Waals surface area contributed by atoms with Gasteiger partial charge in [0.05, 0.1) is 18.2 Å². The van der Waals surface area contributed by atoms with Gasteiger partial charge in [-0.25, -0.2) is 0 Å². The van der Waals surface area contributed by atoms with Gasteiger partial charge in [0.1, 0.15) is 37.3 Å². The first-order valence-electron chi connectivity index (χ1n) is 11.6. The summed E-state index contributed by atoms with van der Waals surface area (Å²) in [5.74, 6) is -1.77. The first-order valence-corrected chi connectivity index (χ1v) is 11.6. The quantitative estimate of drug-likeness (QED) is 0.259. The predicted octanol–water partition coefficient (Wildman–Crippen LogP) is -0.946. The minimum Gasteiger partial charge on any atom is -0.504 e. The summed E-state index contributed by atoms with van der Waals surface area (Å²) in [4.78, 5) is 24.3. The largest absolute Gasteiger partial charge is 0.504 e. The van der Waals surface area contributed by atoms with E-state index < -0.39 is 66.8 Å². The van der Waals surface area contributed by atoms with Crippen molar-refractivity contribution in [3.63, 3.8) is 0 Å². The summed E-state index contributed by atoms with van der Waals surface area (Å²) in [6.07, 6.45) is -7.39. The highest BCUT2D eigenvalue weighted by Gasteiger charge is 2.52. The number of hydrogen-bond donors (Lipinski definition) is 6. The minimum absolute atomic E-state index is 0. The summed E-state index contributed by atoms with van der Waals surface area (Å²) >= 11 is 0. The number of aliphatic hydroxyl groups excluding tert-OH is 4. The molecule has 2 saturated heterocycles. The van der Waals surface area contributed by atoms with Crippen molar-refractivity contribution in [3.8, 4) is 11.5 Å². The number of aromatic hydroxyl groups is 1. The molecule has 3 fully saturated rings. The van der Waals surface area contributed by atoms with E-state index in [0.29, 0.717) is 5.56 Å². The third kappa shape index (κ3) is 4.98. The van der Waals surface area contributed by atoms with Crippen molar-refractivity contribution in [1.82, 2.24) is 5.32 Å². The SMILES string of the molecule is CC(=O)C1OC(Oc2ccc(/C=C(\C)C(=O)NC3C(O)C(C)C4OCOC4C3O)cc2O)C(O)C1O.[HH]. The van der Waals surface area contributed by atoms with Crippen molar-refractivity contribution in [2.24, 2.45) is 5.92 Å². The van der Waals surface area contributed by atoms with E-state index in [-0.39, 0.29) is 31.2 Å². The highest BCUT2D eigenvalue weighted by Crippen LogP contribution is 2.34. The van der Waals surface area contributed by atoms with Crippen LogP contribution in [0.1, 0.15) is 27.8 Å². The second kappa shape index (κ2) is 10.4. The fraction of sp³-hybridized carbons (Fsp3) is 0.583. The standard InChI is InChI=1S/C24H31NO11.H2/c1-9(23(32)25-15-16(28)10(2)20-22(17(15)29)34-8-33-20)6-12-4-5-14(13(27)7-12)35-24-19(31)18(30)21(36-24)11(3)26;/h4-7,10,15-22,24,27-31H,8H2,1-3H3,(H,25,32);1H/b9-6+;. The van der Waals surface area contributed by atoms with Crippen LogP contribution in [0.5, 0.6) is 11.5 Å². The Labute approximate surface area is 208 Å². The summed E-state index contributed by atoms with van der Waals surface area (Å²) in [5, 5.41) is 54.2. The van der Waals surface area contributed by atoms with Crippen LogP contribution in [0.4, 0.5) is 0 Å². The Bertz CT molecular complexity index is 1040. The first kappa shape index (κ1) is 26.5. The molecule has 2 heterocycles. The molecule has 0 aromatic heterocycles. The fourth-order valence-corrected chi connectivity index (χ4v) is 4.74. The number of phenolic OH excluding ortho intramolecular Hbond substituents is 1. The molecule has 1 amide bonds. The Morgan fingerprint density at radius 3 is 2.39 bits per heavy atom. The lowest BCUT2D eigenvalue weighted by Gasteiger charge is -2.42. The third-order valence-corrected chi connectivity index (χ3v) is 6.86. The van der Waals surface area contributed by atoms with Gasteiger partial charge in [-0.2, -0.15) is 0 Å². The van der Waals surface area contributed by atoms with Crippen molar-refractivity contribution < 1.29 is 55.5 Å². The fourth-order valence-electron chi connectivity index (χ4n) is 4.74. The van der Waals surface area contributed by atoms with Gasteiger partial charge in [-0.1, -0.05) is 13.0 Å². The van der Waals surface area contributed by atoms with Crippen molar-refractivity contribution in [2.75, 3.05) is 6.79 Å². The molecule has 12 nitrogen and oxygen atoms in total. The maximum Gasteiger partial charge on any atom is 0.247 e. The molecule has 0 spiro atoms. The minimum atomic E-state index is -1.49. The monoisotopic (exact) mass is 511 g/mol. The molecular formula is C24H33NO11. The molecule has 200 valence electrons. The Balaban J connectivity index is 0.00000380. The Morgan fingerprint density at radius 1 is 1.06 bits per heavy atom. The topological polar surface area (TPSA) is 184 Å². The van der Waals surface area contributed by atoms with Crippen LogP contribution in [0.2, 0.25) is 0 Å². The van der Waals surface area contributed by atoms with E-state index in [9.17, 15) is 35.1 Å². The van der Waals surface area contributed by atoms with Crippen LogP contribution in [0, 0.1) is 5.92 Å². The van der Waals surface area contributed by atoms with Crippen LogP contribution < -0.4 is 10.1 Å². The van der Waals surface area contributed by atoms with Gasteiger partial charge < -0.3 is 49.8 Å². The molecule has 0 bridgehead atoms. The number of rotatable bonds is 6. The van der Waals surface area contributed by atoms with E-state index in [4.69, 9.17) is 18.9 Å². The van der Waals surface area contributed by atoms with Crippen LogP contribution in [0.3, 0.4) is 0 Å². The summed E-state index contributed by atoms with van der Waals surface area (Å²) < 4.78 is 21.5. The number of phenols is 1. The number of fused-ring (bicyclic) bond motifs is 1. The normalized spacial score (nSPS) is 38.5. The van der Waals surface area contributed by atoms with Gasteiger partial charge in [0.25, 0.3) is 0 Å². The highest BCUT2D eigenvalue weighted by molar-refractivity contribution is 5.97. The van der Waals surface area contributed by atoms with Gasteiger partial charge in [0.2, 0.25) is 12.2 Å². The molecule has 10 atom stereocenters. The van der Waals surface area contributed by atoms with Crippen LogP contribution in [-0.2, 0) is 23.8 Å². The average molecular weight is 512 g/mol. The summed E-state index contributed by atoms with van der Waals surface area (Å²) in [7, 11) is 0. The number of aliphatic hydroxyl groups is 4. The number of benzene rings is 1. The molecule has 2 aliphatic heterocycles. The number of nitrogens with one attached hydrogen (secondary N) is 1. The van der Waals surface area contributed by atoms with Crippen molar-refractivity contribution in [1.29, 1.82) is 0 Å². The Morgan fingerprint density at radius 2 is 1.75 bits per heavy atom. The van der Waals surface area contributed by atoms with Gasteiger partial charge in [-0.3, -0.25) is 9.59 Å². The Kier molecular flexibility index (Phi) is 7.67. The number of ether oxygens (including phenoxy) is 4. The average Bonchev–Trinajstić information content (AvgIpc) is 3.43. The number of hydrogen-bond acceptors (Lipinski definition) is 11. The number of amides is 1. The number of ketones is 1. The molecule has 10 unspecified atom stereocenters. The molecule has 36 heavy (non-hydrogen) atoms. The third-order valence-electron chi connectivity index (χ3n) is 6.86. The molecule has 1 saturated carbocycles. The van der Waals surface area contributed by atoms with Crippen LogP contribution in [0.15, 0.2) is 23.8 Å². The molecule has 6 N–H and O–H groups in total. The molecular weight excluding hydrogens is 478 g/mol. The van der Waals surface area contributed by atoms with E-state index in [2.05, 4.69) is 5.32 Å². The lowest BCUT2D eigenvalue weighted by Crippen LogP contribution is -2.64. The van der Waals surface area contributed by atoms with Crippen LogP contribution in [0.25, 0.3) is 6.08 Å². The molecule has 1 aromatic rings. The second-order valence-electron chi connectivity index (χ2n) is 9.41. The lowest BCUT2D eigenvalue weighted by atomic mass is 9.78. The van der Waals surface area contributed by atoms with Crippen LogP contribution >= 0.6 is 0 Å². The van der Waals surface area contributed by atoms with E-state index in [1.807, 2.05) is 0 Å². The summed E-state index contributed by atoms with van der Waals surface area (Å²) in [5.41, 5.74) is 0.676. The van der Waals surface area contributed by atoms with E-state index in [0.717, 1.165) is 0 Å². The van der Waals surface area contributed by atoms with Gasteiger partial charge >= 0.3 is 0 Å². The zero-order chi connectivity index (χ0) is 26.3. The van der Waals surface area contributed by atoms with Crippen molar-refractivity contribution in [2.45, 2.75) is 75.8 Å². The van der Waals surface area contributed by atoms with Gasteiger partial charge in [0, 0.05) is 12.9 Å². The zero-order valence-electron chi connectivity index (χ0n) is 20.0. The zero-order valence-corrected chi connectivity index (χ0v) is 20.0. The molecule has 3 aliphatic rings. The first-order chi connectivity index (χ1) is 17.0. The second-order valence-corrected chi connectivity index (χ2v) is 9.41.